The fourth-order valence-corrected chi connectivity index (χ4v) is 1.47. The summed E-state index contributed by atoms with van der Waals surface area (Å²) in [5.41, 5.74) is -0.886. The van der Waals surface area contributed by atoms with Crippen molar-refractivity contribution in [2.45, 2.75) is 60.5 Å². The molecule has 0 N–H and O–H groups in total. The van der Waals surface area contributed by atoms with Gasteiger partial charge in [0.05, 0.1) is 6.42 Å². The maximum absolute atomic E-state index is 11.9. The number of rotatable bonds is 3. The normalized spacial score (nSPS) is 14.4. The van der Waals surface area contributed by atoms with Gasteiger partial charge in [-0.25, -0.2) is 0 Å². The van der Waals surface area contributed by atoms with Crippen LogP contribution in [-0.4, -0.2) is 17.4 Å². The van der Waals surface area contributed by atoms with Crippen LogP contribution in [0, 0.1) is 11.3 Å². The third-order valence-corrected chi connectivity index (χ3v) is 2.08. The molecule has 0 aliphatic carbocycles. The van der Waals surface area contributed by atoms with Crippen LogP contribution in [0.5, 0.6) is 0 Å². The lowest BCUT2D eigenvalue weighted by Gasteiger charge is -2.23. The van der Waals surface area contributed by atoms with Crippen molar-refractivity contribution in [3.05, 3.63) is 0 Å². The van der Waals surface area contributed by atoms with Crippen LogP contribution in [0.1, 0.15) is 54.9 Å². The van der Waals surface area contributed by atoms with Gasteiger partial charge in [-0.05, 0) is 20.8 Å². The molecule has 0 rings (SSSR count). The largest absolute Gasteiger partial charge is 0.460 e. The maximum Gasteiger partial charge on any atom is 0.307 e. The lowest BCUT2D eigenvalue weighted by atomic mass is 9.82. The van der Waals surface area contributed by atoms with Crippen molar-refractivity contribution in [2.24, 2.45) is 11.3 Å². The number of esters is 1. The van der Waals surface area contributed by atoms with Gasteiger partial charge in [0.1, 0.15) is 11.4 Å². The first-order valence-corrected chi connectivity index (χ1v) is 5.69. The minimum atomic E-state index is -0.485. The first-order valence-electron chi connectivity index (χ1n) is 5.69. The van der Waals surface area contributed by atoms with E-state index < -0.39 is 11.0 Å². The minimum Gasteiger partial charge on any atom is -0.460 e. The second kappa shape index (κ2) is 4.98. The summed E-state index contributed by atoms with van der Waals surface area (Å²) in [6.07, 6.45) is 0.160. The van der Waals surface area contributed by atoms with Gasteiger partial charge in [-0.3, -0.25) is 9.59 Å². The Kier molecular flexibility index (Phi) is 4.71. The summed E-state index contributed by atoms with van der Waals surface area (Å²) in [7, 11) is 0. The molecular formula is C13H24O3. The van der Waals surface area contributed by atoms with E-state index in [2.05, 4.69) is 0 Å². The highest BCUT2D eigenvalue weighted by Crippen LogP contribution is 2.22. The number of hydrogen-bond acceptors (Lipinski definition) is 3. The number of ketones is 1. The highest BCUT2D eigenvalue weighted by molar-refractivity contribution is 5.88. The summed E-state index contributed by atoms with van der Waals surface area (Å²) in [6, 6.07) is 0. The lowest BCUT2D eigenvalue weighted by molar-refractivity contribution is -0.157. The Balaban J connectivity index is 4.32. The molecule has 0 saturated carbocycles. The van der Waals surface area contributed by atoms with Gasteiger partial charge < -0.3 is 4.74 Å². The first-order chi connectivity index (χ1) is 6.93. The monoisotopic (exact) mass is 228 g/mol. The van der Waals surface area contributed by atoms with Gasteiger partial charge in [-0.2, -0.15) is 0 Å². The summed E-state index contributed by atoms with van der Waals surface area (Å²) >= 11 is 0. The van der Waals surface area contributed by atoms with E-state index in [4.69, 9.17) is 4.74 Å². The molecule has 0 aliphatic heterocycles. The van der Waals surface area contributed by atoms with Gasteiger partial charge in [0.15, 0.2) is 0 Å². The van der Waals surface area contributed by atoms with Crippen LogP contribution in [-0.2, 0) is 14.3 Å². The Morgan fingerprint density at radius 3 is 1.81 bits per heavy atom. The molecule has 3 heteroatoms. The van der Waals surface area contributed by atoms with E-state index >= 15 is 0 Å². The fraction of sp³-hybridized carbons (Fsp3) is 0.846. The average Bonchev–Trinajstić information content (AvgIpc) is 1.96. The molecule has 0 aromatic carbocycles. The molecule has 0 bridgehead atoms. The van der Waals surface area contributed by atoms with Gasteiger partial charge >= 0.3 is 5.97 Å². The molecule has 94 valence electrons. The summed E-state index contributed by atoms with van der Waals surface area (Å²) < 4.78 is 5.18. The Morgan fingerprint density at radius 2 is 1.50 bits per heavy atom. The van der Waals surface area contributed by atoms with Crippen molar-refractivity contribution in [3.63, 3.8) is 0 Å². The third kappa shape index (κ3) is 5.89. The predicted octanol–water partition coefficient (Wildman–Crippen LogP) is 2.97. The van der Waals surface area contributed by atoms with Crippen molar-refractivity contribution in [3.8, 4) is 0 Å². The Bertz CT molecular complexity index is 266. The number of Topliss-reactive ketones (excluding diaryl/α,β-unsaturated/α-hetero) is 1. The molecule has 3 nitrogen and oxygen atoms in total. The van der Waals surface area contributed by atoms with E-state index in [0.717, 1.165) is 0 Å². The number of ether oxygens (including phenoxy) is 1. The molecule has 0 aliphatic rings. The van der Waals surface area contributed by atoms with Crippen molar-refractivity contribution in [1.82, 2.24) is 0 Å². The van der Waals surface area contributed by atoms with Crippen molar-refractivity contribution in [2.75, 3.05) is 0 Å². The SMILES string of the molecule is C[C@@H](CC(=O)OC(C)(C)C)C(=O)C(C)(C)C. The Hall–Kier alpha value is -0.860. The third-order valence-electron chi connectivity index (χ3n) is 2.08. The topological polar surface area (TPSA) is 43.4 Å². The number of hydrogen-bond donors (Lipinski definition) is 0. The first kappa shape index (κ1) is 15.1. The van der Waals surface area contributed by atoms with Gasteiger partial charge in [0.2, 0.25) is 0 Å². The highest BCUT2D eigenvalue weighted by Gasteiger charge is 2.29. The zero-order valence-corrected chi connectivity index (χ0v) is 11.5. The minimum absolute atomic E-state index is 0.0957. The van der Waals surface area contributed by atoms with Crippen LogP contribution in [0.25, 0.3) is 0 Å². The van der Waals surface area contributed by atoms with E-state index in [0.29, 0.717) is 0 Å². The van der Waals surface area contributed by atoms with Gasteiger partial charge in [-0.15, -0.1) is 0 Å². The molecule has 0 fully saturated rings. The Morgan fingerprint density at radius 1 is 1.06 bits per heavy atom. The van der Waals surface area contributed by atoms with E-state index in [1.165, 1.54) is 0 Å². The van der Waals surface area contributed by atoms with Crippen LogP contribution in [0.4, 0.5) is 0 Å². The molecular weight excluding hydrogens is 204 g/mol. The van der Waals surface area contributed by atoms with Crippen molar-refractivity contribution in [1.29, 1.82) is 0 Å². The van der Waals surface area contributed by atoms with E-state index in [1.54, 1.807) is 6.92 Å². The Labute approximate surface area is 98.6 Å². The van der Waals surface area contributed by atoms with Crippen molar-refractivity contribution < 1.29 is 14.3 Å². The fourth-order valence-electron chi connectivity index (χ4n) is 1.47. The summed E-state index contributed by atoms with van der Waals surface area (Å²) in [5, 5.41) is 0. The second-order valence-corrected chi connectivity index (χ2v) is 6.31. The predicted molar refractivity (Wildman–Crippen MR) is 64.1 cm³/mol. The van der Waals surface area contributed by atoms with E-state index in [-0.39, 0.29) is 24.1 Å². The molecule has 0 unspecified atom stereocenters. The summed E-state index contributed by atoms with van der Waals surface area (Å²) in [4.78, 5) is 23.4. The summed E-state index contributed by atoms with van der Waals surface area (Å²) in [5.74, 6) is -0.495. The second-order valence-electron chi connectivity index (χ2n) is 6.31. The molecule has 0 spiro atoms. The van der Waals surface area contributed by atoms with Crippen LogP contribution in [0.2, 0.25) is 0 Å². The number of carbonyl (C=O) groups is 2. The zero-order chi connectivity index (χ0) is 13.1. The standard InChI is InChI=1S/C13H24O3/c1-9(11(15)12(2,3)4)8-10(14)16-13(5,6)7/h9H,8H2,1-7H3/t9-/m0/s1. The maximum atomic E-state index is 11.9. The zero-order valence-electron chi connectivity index (χ0n) is 11.5. The van der Waals surface area contributed by atoms with Crippen molar-refractivity contribution >= 4 is 11.8 Å². The molecule has 0 saturated heterocycles. The smallest absolute Gasteiger partial charge is 0.307 e. The molecule has 0 aromatic rings. The molecule has 0 amide bonds. The molecule has 0 aromatic heterocycles. The molecule has 1 atom stereocenters. The molecule has 16 heavy (non-hydrogen) atoms. The van der Waals surface area contributed by atoms with Gasteiger partial charge in [0, 0.05) is 11.3 Å². The quantitative estimate of drug-likeness (QED) is 0.697. The lowest BCUT2D eigenvalue weighted by Crippen LogP contribution is -2.31. The molecule has 0 radical (unpaired) electrons. The van der Waals surface area contributed by atoms with Crippen LogP contribution in [0.3, 0.4) is 0 Å². The average molecular weight is 228 g/mol. The van der Waals surface area contributed by atoms with Crippen LogP contribution >= 0.6 is 0 Å². The van der Waals surface area contributed by atoms with Gasteiger partial charge in [0.25, 0.3) is 0 Å². The van der Waals surface area contributed by atoms with Crippen LogP contribution in [0.15, 0.2) is 0 Å². The summed E-state index contributed by atoms with van der Waals surface area (Å²) in [6.45, 7) is 12.8. The van der Waals surface area contributed by atoms with E-state index in [9.17, 15) is 9.59 Å². The van der Waals surface area contributed by atoms with Gasteiger partial charge in [-0.1, -0.05) is 27.7 Å². The molecule has 0 heterocycles. The number of carbonyl (C=O) groups excluding carboxylic acids is 2. The van der Waals surface area contributed by atoms with Crippen LogP contribution < -0.4 is 0 Å². The highest BCUT2D eigenvalue weighted by atomic mass is 16.6. The van der Waals surface area contributed by atoms with E-state index in [1.807, 2.05) is 41.5 Å².